The zero-order valence-corrected chi connectivity index (χ0v) is 8.99. The number of aliphatic hydroxyl groups is 1. The maximum absolute atomic E-state index is 11.6. The molecular weight excluding hydrogens is 198 g/mol. The summed E-state index contributed by atoms with van der Waals surface area (Å²) >= 11 is 0. The minimum Gasteiger partial charge on any atom is -0.481 e. The molecule has 0 spiro atoms. The molecule has 0 heterocycles. The number of hydrogen-bond donors (Lipinski definition) is 3. The molecule has 0 radical (unpaired) electrons. The van der Waals surface area contributed by atoms with Gasteiger partial charge >= 0.3 is 5.97 Å². The summed E-state index contributed by atoms with van der Waals surface area (Å²) in [6.45, 7) is 3.46. The lowest BCUT2D eigenvalue weighted by Crippen LogP contribution is -2.49. The van der Waals surface area contributed by atoms with E-state index in [1.807, 2.05) is 6.92 Å². The fraction of sp³-hybridized carbons (Fsp3) is 0.800. The average molecular weight is 215 g/mol. The number of hydrogen-bond acceptors (Lipinski definition) is 3. The molecule has 0 bridgehead atoms. The molecule has 15 heavy (non-hydrogen) atoms. The fourth-order valence-electron chi connectivity index (χ4n) is 1.39. The number of amides is 1. The minimum absolute atomic E-state index is 0.139. The third-order valence-electron chi connectivity index (χ3n) is 3.00. The van der Waals surface area contributed by atoms with Crippen molar-refractivity contribution in [2.75, 3.05) is 6.61 Å². The molecule has 0 aromatic rings. The molecule has 1 aliphatic carbocycles. The van der Waals surface area contributed by atoms with Gasteiger partial charge in [0.1, 0.15) is 0 Å². The summed E-state index contributed by atoms with van der Waals surface area (Å²) in [4.78, 5) is 22.1. The van der Waals surface area contributed by atoms with Gasteiger partial charge < -0.3 is 15.5 Å². The normalized spacial score (nSPS) is 27.9. The number of rotatable bonds is 5. The van der Waals surface area contributed by atoms with Gasteiger partial charge in [0.15, 0.2) is 0 Å². The molecule has 0 saturated heterocycles. The van der Waals surface area contributed by atoms with Crippen LogP contribution in [0, 0.1) is 11.8 Å². The van der Waals surface area contributed by atoms with Gasteiger partial charge in [-0.2, -0.15) is 0 Å². The van der Waals surface area contributed by atoms with Crippen LogP contribution in [0.2, 0.25) is 0 Å². The van der Waals surface area contributed by atoms with E-state index in [9.17, 15) is 9.59 Å². The quantitative estimate of drug-likeness (QED) is 0.601. The van der Waals surface area contributed by atoms with Crippen molar-refractivity contribution in [2.24, 2.45) is 11.8 Å². The van der Waals surface area contributed by atoms with Gasteiger partial charge in [-0.15, -0.1) is 0 Å². The van der Waals surface area contributed by atoms with Crippen LogP contribution in [0.1, 0.15) is 26.7 Å². The maximum atomic E-state index is 11.6. The van der Waals surface area contributed by atoms with Crippen molar-refractivity contribution in [3.8, 4) is 0 Å². The van der Waals surface area contributed by atoms with Crippen molar-refractivity contribution in [3.05, 3.63) is 0 Å². The number of aliphatic hydroxyl groups excluding tert-OH is 1. The molecule has 86 valence electrons. The third-order valence-corrected chi connectivity index (χ3v) is 3.00. The van der Waals surface area contributed by atoms with Gasteiger partial charge in [-0.3, -0.25) is 9.59 Å². The smallest absolute Gasteiger partial charge is 0.307 e. The number of carbonyl (C=O) groups is 2. The van der Waals surface area contributed by atoms with Crippen molar-refractivity contribution in [2.45, 2.75) is 32.2 Å². The van der Waals surface area contributed by atoms with E-state index in [1.54, 1.807) is 6.92 Å². The van der Waals surface area contributed by atoms with Gasteiger partial charge in [0, 0.05) is 0 Å². The Morgan fingerprint density at radius 2 is 2.07 bits per heavy atom. The minimum atomic E-state index is -0.919. The summed E-state index contributed by atoms with van der Waals surface area (Å²) in [7, 11) is 0. The van der Waals surface area contributed by atoms with Crippen LogP contribution in [0.15, 0.2) is 0 Å². The number of carboxylic acids is 1. The molecule has 1 rings (SSSR count). The standard InChI is InChI=1S/C10H17NO4/c1-3-10(2,5-12)11-8(13)6-4-7(6)9(14)15/h6-7,12H,3-5H2,1-2H3,(H,11,13)(H,14,15). The van der Waals surface area contributed by atoms with Crippen molar-refractivity contribution in [3.63, 3.8) is 0 Å². The predicted octanol–water partition coefficient (Wildman–Crippen LogP) is -0.0157. The Bertz CT molecular complexity index is 273. The summed E-state index contributed by atoms with van der Waals surface area (Å²) in [6.07, 6.45) is 1.02. The van der Waals surface area contributed by atoms with Crippen LogP contribution < -0.4 is 5.32 Å². The van der Waals surface area contributed by atoms with Crippen LogP contribution in [0.3, 0.4) is 0 Å². The highest BCUT2D eigenvalue weighted by molar-refractivity contribution is 5.89. The first kappa shape index (κ1) is 12.0. The molecule has 0 aliphatic heterocycles. The lowest BCUT2D eigenvalue weighted by molar-refractivity contribution is -0.140. The number of carboxylic acid groups (broad SMARTS) is 1. The largest absolute Gasteiger partial charge is 0.481 e. The second-order valence-electron chi connectivity index (χ2n) is 4.35. The number of carbonyl (C=O) groups excluding carboxylic acids is 1. The predicted molar refractivity (Wildman–Crippen MR) is 53.2 cm³/mol. The van der Waals surface area contributed by atoms with Crippen molar-refractivity contribution in [1.29, 1.82) is 0 Å². The second kappa shape index (κ2) is 4.18. The van der Waals surface area contributed by atoms with Gasteiger partial charge in [-0.05, 0) is 19.8 Å². The van der Waals surface area contributed by atoms with Gasteiger partial charge in [0.25, 0.3) is 0 Å². The molecule has 3 atom stereocenters. The Hall–Kier alpha value is -1.10. The first-order valence-electron chi connectivity index (χ1n) is 5.09. The van der Waals surface area contributed by atoms with Crippen molar-refractivity contribution < 1.29 is 19.8 Å². The van der Waals surface area contributed by atoms with Gasteiger partial charge in [0.2, 0.25) is 5.91 Å². The van der Waals surface area contributed by atoms with Crippen LogP contribution in [-0.2, 0) is 9.59 Å². The van der Waals surface area contributed by atoms with E-state index in [0.717, 1.165) is 0 Å². The summed E-state index contributed by atoms with van der Waals surface area (Å²) in [6, 6.07) is 0. The SMILES string of the molecule is CCC(C)(CO)NC(=O)C1CC1C(=O)O. The molecule has 0 aromatic heterocycles. The van der Waals surface area contributed by atoms with E-state index in [1.165, 1.54) is 0 Å². The topological polar surface area (TPSA) is 86.6 Å². The van der Waals surface area contributed by atoms with Gasteiger partial charge in [-0.1, -0.05) is 6.92 Å². The zero-order chi connectivity index (χ0) is 11.6. The van der Waals surface area contributed by atoms with Gasteiger partial charge in [0.05, 0.1) is 24.0 Å². The summed E-state index contributed by atoms with van der Waals surface area (Å²) in [5.41, 5.74) is -0.636. The molecule has 1 saturated carbocycles. The van der Waals surface area contributed by atoms with E-state index in [2.05, 4.69) is 5.32 Å². The van der Waals surface area contributed by atoms with E-state index in [-0.39, 0.29) is 12.5 Å². The lowest BCUT2D eigenvalue weighted by atomic mass is 10.00. The monoisotopic (exact) mass is 215 g/mol. The Morgan fingerprint density at radius 3 is 2.40 bits per heavy atom. The summed E-state index contributed by atoms with van der Waals surface area (Å²) in [5.74, 6) is -2.14. The van der Waals surface area contributed by atoms with E-state index >= 15 is 0 Å². The van der Waals surface area contributed by atoms with Crippen LogP contribution in [-0.4, -0.2) is 34.2 Å². The Morgan fingerprint density at radius 1 is 1.47 bits per heavy atom. The Labute approximate surface area is 88.5 Å². The number of aliphatic carboxylic acids is 1. The zero-order valence-electron chi connectivity index (χ0n) is 8.99. The van der Waals surface area contributed by atoms with E-state index in [4.69, 9.17) is 10.2 Å². The summed E-state index contributed by atoms with van der Waals surface area (Å²) < 4.78 is 0. The van der Waals surface area contributed by atoms with E-state index < -0.39 is 23.3 Å². The highest BCUT2D eigenvalue weighted by atomic mass is 16.4. The maximum Gasteiger partial charge on any atom is 0.307 e. The Balaban J connectivity index is 2.47. The first-order valence-corrected chi connectivity index (χ1v) is 5.09. The van der Waals surface area contributed by atoms with Crippen LogP contribution in [0.4, 0.5) is 0 Å². The fourth-order valence-corrected chi connectivity index (χ4v) is 1.39. The molecule has 1 fully saturated rings. The molecule has 5 nitrogen and oxygen atoms in total. The van der Waals surface area contributed by atoms with Crippen LogP contribution in [0.5, 0.6) is 0 Å². The molecule has 3 N–H and O–H groups in total. The molecule has 0 aromatic carbocycles. The van der Waals surface area contributed by atoms with Crippen LogP contribution >= 0.6 is 0 Å². The average Bonchev–Trinajstić information content (AvgIpc) is 2.97. The molecule has 1 amide bonds. The summed E-state index contributed by atoms with van der Waals surface area (Å²) in [5, 5.41) is 20.4. The van der Waals surface area contributed by atoms with Gasteiger partial charge in [-0.25, -0.2) is 0 Å². The molecule has 5 heteroatoms. The van der Waals surface area contributed by atoms with Crippen molar-refractivity contribution in [1.82, 2.24) is 5.32 Å². The highest BCUT2D eigenvalue weighted by Crippen LogP contribution is 2.39. The van der Waals surface area contributed by atoms with E-state index in [0.29, 0.717) is 12.8 Å². The lowest BCUT2D eigenvalue weighted by Gasteiger charge is -2.27. The number of nitrogens with one attached hydrogen (secondary N) is 1. The molecule has 3 unspecified atom stereocenters. The second-order valence-corrected chi connectivity index (χ2v) is 4.35. The van der Waals surface area contributed by atoms with Crippen molar-refractivity contribution >= 4 is 11.9 Å². The molecule has 1 aliphatic rings. The third kappa shape index (κ3) is 2.68. The highest BCUT2D eigenvalue weighted by Gasteiger charge is 2.49. The molecular formula is C10H17NO4. The van der Waals surface area contributed by atoms with Crippen LogP contribution in [0.25, 0.3) is 0 Å². The Kier molecular flexibility index (Phi) is 3.34. The first-order chi connectivity index (χ1) is 6.93.